The summed E-state index contributed by atoms with van der Waals surface area (Å²) in [6, 6.07) is 5.96. The van der Waals surface area contributed by atoms with Gasteiger partial charge in [-0.1, -0.05) is 18.9 Å². The van der Waals surface area contributed by atoms with Crippen LogP contribution in [0.2, 0.25) is 0 Å². The van der Waals surface area contributed by atoms with Crippen LogP contribution in [0.1, 0.15) is 39.0 Å². The van der Waals surface area contributed by atoms with Crippen LogP contribution in [-0.4, -0.2) is 44.8 Å². The third-order valence-electron chi connectivity index (χ3n) is 4.49. The zero-order valence-electron chi connectivity index (χ0n) is 15.4. The number of benzene rings is 1. The first-order valence-corrected chi connectivity index (χ1v) is 10.2. The first kappa shape index (κ1) is 20.4. The quantitative estimate of drug-likeness (QED) is 0.731. The Bertz CT molecular complexity index is 755. The Morgan fingerprint density at radius 2 is 1.92 bits per heavy atom. The molecule has 26 heavy (non-hydrogen) atoms. The maximum absolute atomic E-state index is 12.2. The van der Waals surface area contributed by atoms with E-state index in [0.29, 0.717) is 18.0 Å². The summed E-state index contributed by atoms with van der Waals surface area (Å²) in [5, 5.41) is 2.59. The van der Waals surface area contributed by atoms with E-state index in [1.807, 2.05) is 0 Å². The van der Waals surface area contributed by atoms with Gasteiger partial charge in [-0.3, -0.25) is 9.59 Å². The Balaban J connectivity index is 1.95. The van der Waals surface area contributed by atoms with Gasteiger partial charge >= 0.3 is 5.97 Å². The highest BCUT2D eigenvalue weighted by molar-refractivity contribution is 7.89. The van der Waals surface area contributed by atoms with Crippen molar-refractivity contribution in [1.29, 1.82) is 0 Å². The van der Waals surface area contributed by atoms with E-state index in [1.54, 1.807) is 12.1 Å². The second kappa shape index (κ2) is 8.64. The molecule has 0 unspecified atom stereocenters. The van der Waals surface area contributed by atoms with Gasteiger partial charge in [0.05, 0.1) is 4.90 Å². The molecule has 0 aromatic heterocycles. The predicted octanol–water partition coefficient (Wildman–Crippen LogP) is 2.39. The van der Waals surface area contributed by atoms with Gasteiger partial charge in [0, 0.05) is 26.2 Å². The van der Waals surface area contributed by atoms with E-state index in [9.17, 15) is 18.0 Å². The molecule has 8 heteroatoms. The molecular formula is C18H26N2O5S. The van der Waals surface area contributed by atoms with Gasteiger partial charge in [0.25, 0.3) is 5.91 Å². The van der Waals surface area contributed by atoms with Crippen LogP contribution >= 0.6 is 0 Å². The number of esters is 1. The van der Waals surface area contributed by atoms with Crippen LogP contribution in [0.15, 0.2) is 29.2 Å². The molecule has 2 rings (SSSR count). The topological polar surface area (TPSA) is 92.8 Å². The molecule has 0 aliphatic heterocycles. The molecule has 1 saturated carbocycles. The van der Waals surface area contributed by atoms with E-state index >= 15 is 0 Å². The fourth-order valence-corrected chi connectivity index (χ4v) is 3.89. The van der Waals surface area contributed by atoms with Crippen molar-refractivity contribution in [2.24, 2.45) is 5.92 Å². The van der Waals surface area contributed by atoms with Crippen molar-refractivity contribution in [3.05, 3.63) is 24.3 Å². The van der Waals surface area contributed by atoms with E-state index in [2.05, 4.69) is 5.32 Å². The number of carbonyl (C=O) groups is 2. The standard InChI is InChI=1S/C18H26N2O5S/c1-13(25-17(21)11-14-7-4-5-8-14)18(22)19-15-9-6-10-16(12-15)26(23,24)20(2)3/h6,9-10,12-14H,4-5,7-8,11H2,1-3H3,(H,19,22)/t13-/m0/s1. The van der Waals surface area contributed by atoms with Crippen LogP contribution in [0, 0.1) is 5.92 Å². The minimum Gasteiger partial charge on any atom is -0.453 e. The van der Waals surface area contributed by atoms with Crippen LogP contribution in [-0.2, 0) is 24.3 Å². The Morgan fingerprint density at radius 3 is 2.54 bits per heavy atom. The molecule has 0 radical (unpaired) electrons. The molecule has 1 atom stereocenters. The van der Waals surface area contributed by atoms with Crippen LogP contribution in [0.5, 0.6) is 0 Å². The maximum atomic E-state index is 12.2. The number of hydrogen-bond donors (Lipinski definition) is 1. The van der Waals surface area contributed by atoms with Gasteiger partial charge in [0.2, 0.25) is 10.0 Å². The van der Waals surface area contributed by atoms with Crippen LogP contribution in [0.25, 0.3) is 0 Å². The molecule has 1 aromatic carbocycles. The fourth-order valence-electron chi connectivity index (χ4n) is 2.94. The molecule has 7 nitrogen and oxygen atoms in total. The van der Waals surface area contributed by atoms with Crippen molar-refractivity contribution in [3.63, 3.8) is 0 Å². The van der Waals surface area contributed by atoms with Crippen molar-refractivity contribution in [3.8, 4) is 0 Å². The lowest BCUT2D eigenvalue weighted by molar-refractivity contribution is -0.154. The van der Waals surface area contributed by atoms with Crippen molar-refractivity contribution in [2.45, 2.75) is 50.0 Å². The number of carbonyl (C=O) groups excluding carboxylic acids is 2. The van der Waals surface area contributed by atoms with Crippen LogP contribution in [0.3, 0.4) is 0 Å². The average Bonchev–Trinajstić information content (AvgIpc) is 3.07. The van der Waals surface area contributed by atoms with Crippen molar-refractivity contribution in [1.82, 2.24) is 4.31 Å². The Morgan fingerprint density at radius 1 is 1.27 bits per heavy atom. The Hall–Kier alpha value is -1.93. The van der Waals surface area contributed by atoms with Crippen molar-refractivity contribution >= 4 is 27.6 Å². The summed E-state index contributed by atoms with van der Waals surface area (Å²) in [4.78, 5) is 24.2. The molecule has 1 N–H and O–H groups in total. The van der Waals surface area contributed by atoms with E-state index < -0.39 is 22.0 Å². The second-order valence-corrected chi connectivity index (χ2v) is 8.94. The lowest BCUT2D eigenvalue weighted by Crippen LogP contribution is -2.30. The lowest BCUT2D eigenvalue weighted by atomic mass is 10.0. The Kier molecular flexibility index (Phi) is 6.77. The highest BCUT2D eigenvalue weighted by Gasteiger charge is 2.23. The smallest absolute Gasteiger partial charge is 0.306 e. The zero-order chi connectivity index (χ0) is 19.3. The summed E-state index contributed by atoms with van der Waals surface area (Å²) < 4.78 is 30.6. The number of rotatable bonds is 7. The molecule has 0 heterocycles. The van der Waals surface area contributed by atoms with E-state index in [0.717, 1.165) is 30.0 Å². The zero-order valence-corrected chi connectivity index (χ0v) is 16.2. The van der Waals surface area contributed by atoms with Gasteiger partial charge in [-0.2, -0.15) is 0 Å². The van der Waals surface area contributed by atoms with E-state index in [-0.39, 0.29) is 10.9 Å². The molecule has 1 aliphatic carbocycles. The van der Waals surface area contributed by atoms with Gasteiger partial charge < -0.3 is 10.1 Å². The molecule has 0 bridgehead atoms. The summed E-state index contributed by atoms with van der Waals surface area (Å²) in [6.07, 6.45) is 3.73. The second-order valence-electron chi connectivity index (χ2n) is 6.79. The SMILES string of the molecule is C[C@H](OC(=O)CC1CCCC1)C(=O)Nc1cccc(S(=O)(=O)N(C)C)c1. The highest BCUT2D eigenvalue weighted by atomic mass is 32.2. The lowest BCUT2D eigenvalue weighted by Gasteiger charge is -2.16. The molecule has 0 spiro atoms. The van der Waals surface area contributed by atoms with Gasteiger partial charge in [0.15, 0.2) is 6.10 Å². The maximum Gasteiger partial charge on any atom is 0.306 e. The molecule has 1 amide bonds. The summed E-state index contributed by atoms with van der Waals surface area (Å²) in [7, 11) is -0.717. The third kappa shape index (κ3) is 5.28. The molecule has 1 aliphatic rings. The van der Waals surface area contributed by atoms with Crippen LogP contribution in [0.4, 0.5) is 5.69 Å². The first-order chi connectivity index (χ1) is 12.2. The highest BCUT2D eigenvalue weighted by Crippen LogP contribution is 2.28. The number of anilines is 1. The van der Waals surface area contributed by atoms with Crippen molar-refractivity contribution in [2.75, 3.05) is 19.4 Å². The minimum atomic E-state index is -3.59. The predicted molar refractivity (Wildman–Crippen MR) is 98.1 cm³/mol. The number of hydrogen-bond acceptors (Lipinski definition) is 5. The van der Waals surface area contributed by atoms with Gasteiger partial charge in [-0.05, 0) is 43.9 Å². The minimum absolute atomic E-state index is 0.0752. The van der Waals surface area contributed by atoms with E-state index in [4.69, 9.17) is 4.74 Å². The van der Waals surface area contributed by atoms with E-state index in [1.165, 1.54) is 33.2 Å². The molecular weight excluding hydrogens is 356 g/mol. The largest absolute Gasteiger partial charge is 0.453 e. The monoisotopic (exact) mass is 382 g/mol. The molecule has 1 aromatic rings. The number of ether oxygens (including phenoxy) is 1. The normalized spacial score (nSPS) is 16.5. The molecule has 144 valence electrons. The molecule has 0 saturated heterocycles. The van der Waals surface area contributed by atoms with Gasteiger partial charge in [-0.15, -0.1) is 0 Å². The van der Waals surface area contributed by atoms with Gasteiger partial charge in [-0.25, -0.2) is 12.7 Å². The number of nitrogens with one attached hydrogen (secondary N) is 1. The third-order valence-corrected chi connectivity index (χ3v) is 6.30. The van der Waals surface area contributed by atoms with Crippen LogP contribution < -0.4 is 5.32 Å². The summed E-state index contributed by atoms with van der Waals surface area (Å²) in [6.45, 7) is 1.50. The van der Waals surface area contributed by atoms with Gasteiger partial charge in [0.1, 0.15) is 0 Å². The number of amides is 1. The Labute approximate surface area is 154 Å². The van der Waals surface area contributed by atoms with Crippen molar-refractivity contribution < 1.29 is 22.7 Å². The number of sulfonamides is 1. The number of nitrogens with zero attached hydrogens (tertiary/aromatic N) is 1. The summed E-state index contributed by atoms with van der Waals surface area (Å²) in [5.74, 6) is -0.515. The molecule has 1 fully saturated rings. The first-order valence-electron chi connectivity index (χ1n) is 8.73. The fraction of sp³-hybridized carbons (Fsp3) is 0.556. The average molecular weight is 382 g/mol. The summed E-state index contributed by atoms with van der Waals surface area (Å²) >= 11 is 0. The summed E-state index contributed by atoms with van der Waals surface area (Å²) in [5.41, 5.74) is 0.330.